The molecule has 0 N–H and O–H groups in total. The molecule has 1 heterocycles. The van der Waals surface area contributed by atoms with Crippen molar-refractivity contribution in [2.75, 3.05) is 13.7 Å². The van der Waals surface area contributed by atoms with Gasteiger partial charge in [-0.3, -0.25) is 4.79 Å². The first-order valence-electron chi connectivity index (χ1n) is 14.0. The van der Waals surface area contributed by atoms with Gasteiger partial charge in [0.25, 0.3) is 6.33 Å². The van der Waals surface area contributed by atoms with Gasteiger partial charge in [0, 0.05) is 29.3 Å². The van der Waals surface area contributed by atoms with E-state index >= 15 is 0 Å². The third-order valence-corrected chi connectivity index (χ3v) is 7.61. The first kappa shape index (κ1) is 34.9. The summed E-state index contributed by atoms with van der Waals surface area (Å²) in [4.78, 5) is 16.7. The Bertz CT molecular complexity index is 1430. The fourth-order valence-corrected chi connectivity index (χ4v) is 5.65. The van der Waals surface area contributed by atoms with Crippen molar-refractivity contribution in [3.63, 3.8) is 0 Å². The zero-order chi connectivity index (χ0) is 31.4. The SMILES string of the molecule is CO/N=C1\[C@@H](Cn2c[n+](Cc3cc(C)c(OC(C)=O)c(C)c3)cn2)[C@H](COc2ccc(OC(F)(F)F)cc2)CCC1(C)C.[Br-]. The van der Waals surface area contributed by atoms with Crippen LogP contribution in [0.15, 0.2) is 54.2 Å². The van der Waals surface area contributed by atoms with Gasteiger partial charge in [-0.1, -0.05) is 19.0 Å². The number of carbonyl (C=O) groups excluding carboxylic acids is 1. The molecular formula is C31H38BrF3N4O5. The number of esters is 1. The third kappa shape index (κ3) is 9.20. The highest BCUT2D eigenvalue weighted by Crippen LogP contribution is 2.41. The van der Waals surface area contributed by atoms with E-state index in [2.05, 4.69) is 28.8 Å². The first-order chi connectivity index (χ1) is 20.2. The summed E-state index contributed by atoms with van der Waals surface area (Å²) >= 11 is 0. The van der Waals surface area contributed by atoms with Gasteiger partial charge >= 0.3 is 12.3 Å². The van der Waals surface area contributed by atoms with Crippen LogP contribution in [-0.2, 0) is 22.7 Å². The van der Waals surface area contributed by atoms with Crippen LogP contribution in [-0.4, -0.2) is 41.5 Å². The Labute approximate surface area is 265 Å². The summed E-state index contributed by atoms with van der Waals surface area (Å²) in [6, 6.07) is 9.39. The lowest BCUT2D eigenvalue weighted by molar-refractivity contribution is -0.689. The van der Waals surface area contributed by atoms with E-state index in [1.807, 2.05) is 41.6 Å². The molecule has 0 bridgehead atoms. The van der Waals surface area contributed by atoms with Crippen molar-refractivity contribution in [3.8, 4) is 17.2 Å². The van der Waals surface area contributed by atoms with E-state index in [0.717, 1.165) is 35.2 Å². The van der Waals surface area contributed by atoms with E-state index < -0.39 is 6.36 Å². The molecule has 2 aromatic carbocycles. The quantitative estimate of drug-likeness (QED) is 0.142. The molecule has 0 amide bonds. The minimum atomic E-state index is -4.75. The number of oxime groups is 1. The van der Waals surface area contributed by atoms with Gasteiger partial charge < -0.3 is 36.0 Å². The van der Waals surface area contributed by atoms with Gasteiger partial charge in [-0.2, -0.15) is 0 Å². The van der Waals surface area contributed by atoms with Gasteiger partial charge in [-0.05, 0) is 79.8 Å². The Hall–Kier alpha value is -3.61. The number of carbonyl (C=O) groups is 1. The van der Waals surface area contributed by atoms with Gasteiger partial charge in [-0.25, -0.2) is 4.57 Å². The minimum Gasteiger partial charge on any atom is -1.00 e. The maximum absolute atomic E-state index is 12.5. The van der Waals surface area contributed by atoms with Crippen molar-refractivity contribution in [2.45, 2.75) is 66.9 Å². The molecule has 1 saturated carbocycles. The average molecular weight is 684 g/mol. The third-order valence-electron chi connectivity index (χ3n) is 7.61. The summed E-state index contributed by atoms with van der Waals surface area (Å²) in [7, 11) is 1.53. The predicted molar refractivity (Wildman–Crippen MR) is 152 cm³/mol. The molecule has 0 radical (unpaired) electrons. The smallest absolute Gasteiger partial charge is 0.573 e. The van der Waals surface area contributed by atoms with Gasteiger partial charge in [0.1, 0.15) is 30.9 Å². The molecule has 1 aliphatic carbocycles. The number of halogens is 4. The lowest BCUT2D eigenvalue weighted by Gasteiger charge is -2.40. The monoisotopic (exact) mass is 682 g/mol. The van der Waals surface area contributed by atoms with Crippen molar-refractivity contribution >= 4 is 11.7 Å². The maximum atomic E-state index is 12.5. The van der Waals surface area contributed by atoms with E-state index in [1.54, 1.807) is 6.33 Å². The number of aromatic nitrogens is 3. The number of alkyl halides is 3. The van der Waals surface area contributed by atoms with Gasteiger partial charge in [-0.15, -0.1) is 17.9 Å². The molecule has 4 rings (SSSR count). The van der Waals surface area contributed by atoms with E-state index in [9.17, 15) is 18.0 Å². The number of hydrogen-bond acceptors (Lipinski definition) is 7. The molecule has 9 nitrogen and oxygen atoms in total. The summed E-state index contributed by atoms with van der Waals surface area (Å²) in [5, 5.41) is 9.05. The molecule has 3 aromatic rings. The minimum absolute atomic E-state index is 0. The number of hydrogen-bond donors (Lipinski definition) is 0. The molecule has 44 heavy (non-hydrogen) atoms. The second-order valence-corrected chi connectivity index (χ2v) is 11.6. The Morgan fingerprint density at radius 1 is 1.14 bits per heavy atom. The fraction of sp³-hybridized carbons (Fsp3) is 0.484. The van der Waals surface area contributed by atoms with Crippen molar-refractivity contribution in [2.24, 2.45) is 22.4 Å². The lowest BCUT2D eigenvalue weighted by atomic mass is 9.65. The maximum Gasteiger partial charge on any atom is 0.573 e. The zero-order valence-corrected chi connectivity index (χ0v) is 27.2. The molecule has 2 atom stereocenters. The fourth-order valence-electron chi connectivity index (χ4n) is 5.65. The van der Waals surface area contributed by atoms with Crippen LogP contribution < -0.4 is 35.8 Å². The Morgan fingerprint density at radius 3 is 2.36 bits per heavy atom. The molecule has 1 aromatic heterocycles. The summed E-state index contributed by atoms with van der Waals surface area (Å²) < 4.78 is 56.7. The van der Waals surface area contributed by atoms with E-state index in [4.69, 9.17) is 14.3 Å². The van der Waals surface area contributed by atoms with Crippen LogP contribution in [0.2, 0.25) is 0 Å². The zero-order valence-electron chi connectivity index (χ0n) is 25.7. The van der Waals surface area contributed by atoms with Crippen LogP contribution in [0.25, 0.3) is 0 Å². The highest BCUT2D eigenvalue weighted by Gasteiger charge is 2.43. The van der Waals surface area contributed by atoms with Crippen molar-refractivity contribution in [3.05, 3.63) is 65.7 Å². The van der Waals surface area contributed by atoms with Crippen molar-refractivity contribution in [1.29, 1.82) is 0 Å². The van der Waals surface area contributed by atoms with Crippen LogP contribution >= 0.6 is 0 Å². The Balaban J connectivity index is 0.00000529. The molecule has 0 aliphatic heterocycles. The molecule has 0 saturated heterocycles. The van der Waals surface area contributed by atoms with Gasteiger partial charge in [0.15, 0.2) is 0 Å². The van der Waals surface area contributed by atoms with Crippen LogP contribution in [0.4, 0.5) is 13.2 Å². The molecule has 1 aliphatic rings. The number of aryl methyl sites for hydroxylation is 2. The van der Waals surface area contributed by atoms with E-state index in [1.165, 1.54) is 38.3 Å². The van der Waals surface area contributed by atoms with Crippen molar-refractivity contribution < 1.29 is 58.6 Å². The largest absolute Gasteiger partial charge is 1.00 e. The van der Waals surface area contributed by atoms with Crippen molar-refractivity contribution in [1.82, 2.24) is 9.78 Å². The molecular weight excluding hydrogens is 645 g/mol. The molecule has 1 fully saturated rings. The van der Waals surface area contributed by atoms with E-state index in [-0.39, 0.29) is 46.0 Å². The summed E-state index contributed by atoms with van der Waals surface area (Å²) in [6.07, 6.45) is 0.694. The summed E-state index contributed by atoms with van der Waals surface area (Å²) in [5.74, 6) is 0.381. The Morgan fingerprint density at radius 2 is 1.77 bits per heavy atom. The average Bonchev–Trinajstić information content (AvgIpc) is 3.34. The standard InChI is InChI=1S/C31H38F3N4O5.BrH/c1-20-13-23(14-21(2)28(20)42-22(3)39)15-37-18-35-38(19-37)16-27-24(11-12-30(4,5)29(27)36-40-6)17-41-25-7-9-26(10-8-25)43-31(32,33)34;/h7-10,13-14,18-19,24,27H,11-12,15-17H2,1-6H3;1H/q+1;/p-1/b36-29+;/t24-,27-;/m0./s1. The summed E-state index contributed by atoms with van der Waals surface area (Å²) in [5.41, 5.74) is 3.53. The Kier molecular flexibility index (Phi) is 11.5. The van der Waals surface area contributed by atoms with Gasteiger partial charge in [0.2, 0.25) is 6.33 Å². The number of rotatable bonds is 10. The molecule has 0 spiro atoms. The molecule has 240 valence electrons. The van der Waals surface area contributed by atoms with E-state index in [0.29, 0.717) is 31.2 Å². The topological polar surface area (TPSA) is 88.1 Å². The number of nitrogens with zero attached hydrogens (tertiary/aromatic N) is 4. The first-order valence-corrected chi connectivity index (χ1v) is 14.0. The predicted octanol–water partition coefficient (Wildman–Crippen LogP) is 2.80. The lowest BCUT2D eigenvalue weighted by Crippen LogP contribution is -3.00. The van der Waals surface area contributed by atoms with Crippen LogP contribution in [0.3, 0.4) is 0 Å². The number of benzene rings is 2. The van der Waals surface area contributed by atoms with Crippen LogP contribution in [0.1, 0.15) is 50.3 Å². The number of ether oxygens (including phenoxy) is 3. The normalized spacial score (nSPS) is 18.8. The van der Waals surface area contributed by atoms with Gasteiger partial charge in [0.05, 0.1) is 18.9 Å². The molecule has 0 unspecified atom stereocenters. The highest BCUT2D eigenvalue weighted by molar-refractivity contribution is 5.92. The second kappa shape index (κ2) is 14.4. The van der Waals surface area contributed by atoms with Crippen LogP contribution in [0.5, 0.6) is 17.2 Å². The van der Waals surface area contributed by atoms with Crippen LogP contribution in [0, 0.1) is 31.1 Å². The molecule has 13 heteroatoms. The highest BCUT2D eigenvalue weighted by atomic mass is 79.9. The summed E-state index contributed by atoms with van der Waals surface area (Å²) in [6.45, 7) is 11.0. The second-order valence-electron chi connectivity index (χ2n) is 11.6.